The van der Waals surface area contributed by atoms with Crippen LogP contribution in [0.5, 0.6) is 0 Å². The minimum absolute atomic E-state index is 0.186. The van der Waals surface area contributed by atoms with Crippen LogP contribution in [-0.4, -0.2) is 11.3 Å². The Morgan fingerprint density at radius 3 is 2.18 bits per heavy atom. The Labute approximate surface area is 76.2 Å². The molecule has 1 fully saturated rings. The largest absolute Gasteiger partial charge is 0.0959 e. The van der Waals surface area contributed by atoms with E-state index in [1.165, 1.54) is 32.1 Å². The maximum atomic E-state index is 6.36. The molecule has 11 heavy (non-hydrogen) atoms. The van der Waals surface area contributed by atoms with Crippen molar-refractivity contribution >= 4 is 18.5 Å². The highest BCUT2D eigenvalue weighted by molar-refractivity contribution is 7.85. The molecule has 0 amide bonds. The lowest BCUT2D eigenvalue weighted by Crippen LogP contribution is -2.12. The fourth-order valence-electron chi connectivity index (χ4n) is 1.75. The van der Waals surface area contributed by atoms with Crippen molar-refractivity contribution in [2.75, 3.05) is 0 Å². The second-order valence-electron chi connectivity index (χ2n) is 3.73. The summed E-state index contributed by atoms with van der Waals surface area (Å²) in [5.74, 6) is 0. The standard InChI is InChI=1S/C9H18ClP/c1-8(2)11(10)9-6-4-3-5-7-9/h8-9H,3-7H2,1-2H3. The molecular formula is C9H18ClP. The van der Waals surface area contributed by atoms with Crippen LogP contribution in [0.2, 0.25) is 0 Å². The molecule has 1 aliphatic carbocycles. The Morgan fingerprint density at radius 1 is 1.18 bits per heavy atom. The van der Waals surface area contributed by atoms with Crippen LogP contribution in [0, 0.1) is 0 Å². The van der Waals surface area contributed by atoms with Crippen LogP contribution in [0.15, 0.2) is 0 Å². The molecule has 1 atom stereocenters. The number of hydrogen-bond acceptors (Lipinski definition) is 0. The van der Waals surface area contributed by atoms with Gasteiger partial charge < -0.3 is 0 Å². The van der Waals surface area contributed by atoms with Gasteiger partial charge in [0.15, 0.2) is 0 Å². The fraction of sp³-hybridized carbons (Fsp3) is 1.00. The average molecular weight is 193 g/mol. The van der Waals surface area contributed by atoms with Crippen LogP contribution in [0.4, 0.5) is 0 Å². The van der Waals surface area contributed by atoms with Gasteiger partial charge in [-0.25, -0.2) is 0 Å². The number of hydrogen-bond donors (Lipinski definition) is 0. The molecular weight excluding hydrogens is 175 g/mol. The summed E-state index contributed by atoms with van der Waals surface area (Å²) in [5, 5.41) is 0. The number of halogens is 1. The van der Waals surface area contributed by atoms with E-state index >= 15 is 0 Å². The third kappa shape index (κ3) is 2.92. The second kappa shape index (κ2) is 4.67. The van der Waals surface area contributed by atoms with Gasteiger partial charge in [0, 0.05) is 0 Å². The zero-order valence-corrected chi connectivity index (χ0v) is 9.17. The fourth-order valence-corrected chi connectivity index (χ4v) is 4.04. The minimum atomic E-state index is -0.186. The molecule has 1 aliphatic rings. The average Bonchev–Trinajstić information content (AvgIpc) is 2.05. The van der Waals surface area contributed by atoms with E-state index < -0.39 is 0 Å². The Bertz CT molecular complexity index is 108. The quantitative estimate of drug-likeness (QED) is 0.571. The topological polar surface area (TPSA) is 0 Å². The molecule has 0 saturated heterocycles. The van der Waals surface area contributed by atoms with Crippen molar-refractivity contribution in [1.29, 1.82) is 0 Å². The van der Waals surface area contributed by atoms with Gasteiger partial charge in [-0.1, -0.05) is 44.4 Å². The van der Waals surface area contributed by atoms with Gasteiger partial charge in [-0.15, -0.1) is 0 Å². The van der Waals surface area contributed by atoms with Crippen molar-refractivity contribution in [3.63, 3.8) is 0 Å². The molecule has 1 rings (SSSR count). The highest BCUT2D eigenvalue weighted by atomic mass is 35.7. The first-order valence-electron chi connectivity index (χ1n) is 4.66. The van der Waals surface area contributed by atoms with E-state index in [9.17, 15) is 0 Å². The van der Waals surface area contributed by atoms with Crippen LogP contribution in [0.25, 0.3) is 0 Å². The van der Waals surface area contributed by atoms with Gasteiger partial charge in [-0.3, -0.25) is 0 Å². The summed E-state index contributed by atoms with van der Waals surface area (Å²) < 4.78 is 0. The summed E-state index contributed by atoms with van der Waals surface area (Å²) in [6.45, 7) is 4.51. The summed E-state index contributed by atoms with van der Waals surface area (Å²) in [6.07, 6.45) is 7.07. The molecule has 0 aromatic heterocycles. The van der Waals surface area contributed by atoms with Crippen LogP contribution in [0.3, 0.4) is 0 Å². The monoisotopic (exact) mass is 192 g/mol. The van der Waals surface area contributed by atoms with Crippen molar-refractivity contribution in [2.45, 2.75) is 57.3 Å². The van der Waals surface area contributed by atoms with E-state index in [-0.39, 0.29) is 7.27 Å². The van der Waals surface area contributed by atoms with Crippen molar-refractivity contribution in [2.24, 2.45) is 0 Å². The Morgan fingerprint density at radius 2 is 1.73 bits per heavy atom. The molecule has 0 aliphatic heterocycles. The predicted octanol–water partition coefficient (Wildman–Crippen LogP) is 4.36. The van der Waals surface area contributed by atoms with Crippen LogP contribution < -0.4 is 0 Å². The molecule has 0 N–H and O–H groups in total. The van der Waals surface area contributed by atoms with Gasteiger partial charge in [-0.2, -0.15) is 0 Å². The zero-order chi connectivity index (χ0) is 8.27. The first kappa shape index (κ1) is 9.81. The Hall–Kier alpha value is 0.720. The summed E-state index contributed by atoms with van der Waals surface area (Å²) in [4.78, 5) is 0. The summed E-state index contributed by atoms with van der Waals surface area (Å²) in [6, 6.07) is 0. The predicted molar refractivity (Wildman–Crippen MR) is 54.8 cm³/mol. The molecule has 0 aromatic carbocycles. The maximum absolute atomic E-state index is 6.36. The van der Waals surface area contributed by atoms with E-state index in [0.717, 1.165) is 11.3 Å². The third-order valence-electron chi connectivity index (χ3n) is 2.42. The highest BCUT2D eigenvalue weighted by Crippen LogP contribution is 2.55. The molecule has 0 nitrogen and oxygen atoms in total. The first-order chi connectivity index (χ1) is 5.22. The number of rotatable bonds is 2. The minimum Gasteiger partial charge on any atom is -0.0959 e. The van der Waals surface area contributed by atoms with E-state index in [1.54, 1.807) is 0 Å². The van der Waals surface area contributed by atoms with Crippen molar-refractivity contribution in [1.82, 2.24) is 0 Å². The molecule has 1 unspecified atom stereocenters. The lowest BCUT2D eigenvalue weighted by molar-refractivity contribution is 0.511. The van der Waals surface area contributed by atoms with Crippen LogP contribution in [0.1, 0.15) is 46.0 Å². The molecule has 0 bridgehead atoms. The highest BCUT2D eigenvalue weighted by Gasteiger charge is 2.23. The first-order valence-corrected chi connectivity index (χ1v) is 7.04. The van der Waals surface area contributed by atoms with Gasteiger partial charge in [0.05, 0.1) is 0 Å². The van der Waals surface area contributed by atoms with Gasteiger partial charge in [0.2, 0.25) is 0 Å². The summed E-state index contributed by atoms with van der Waals surface area (Å²) >= 11 is 6.36. The summed E-state index contributed by atoms with van der Waals surface area (Å²) in [5.41, 5.74) is 1.59. The Kier molecular flexibility index (Phi) is 4.17. The van der Waals surface area contributed by atoms with Crippen LogP contribution in [-0.2, 0) is 0 Å². The second-order valence-corrected chi connectivity index (χ2v) is 7.35. The van der Waals surface area contributed by atoms with Crippen molar-refractivity contribution in [3.8, 4) is 0 Å². The van der Waals surface area contributed by atoms with Crippen molar-refractivity contribution in [3.05, 3.63) is 0 Å². The third-order valence-corrected chi connectivity index (χ3v) is 6.62. The van der Waals surface area contributed by atoms with E-state index in [1.807, 2.05) is 0 Å². The lowest BCUT2D eigenvalue weighted by Gasteiger charge is -2.28. The Balaban J connectivity index is 2.32. The van der Waals surface area contributed by atoms with Gasteiger partial charge in [0.25, 0.3) is 0 Å². The molecule has 1 saturated carbocycles. The zero-order valence-electron chi connectivity index (χ0n) is 7.52. The molecule has 0 heterocycles. The van der Waals surface area contributed by atoms with Crippen molar-refractivity contribution < 1.29 is 0 Å². The summed E-state index contributed by atoms with van der Waals surface area (Å²) in [7, 11) is -0.186. The van der Waals surface area contributed by atoms with Gasteiger partial charge in [-0.05, 0) is 31.4 Å². The normalized spacial score (nSPS) is 24.0. The van der Waals surface area contributed by atoms with Gasteiger partial charge in [0.1, 0.15) is 0 Å². The molecule has 0 spiro atoms. The SMILES string of the molecule is CC(C)P(Cl)C1CCCCC1. The molecule has 2 heteroatoms. The van der Waals surface area contributed by atoms with Crippen LogP contribution >= 0.6 is 18.5 Å². The molecule has 0 radical (unpaired) electrons. The smallest absolute Gasteiger partial charge is 0.00395 e. The van der Waals surface area contributed by atoms with E-state index in [2.05, 4.69) is 13.8 Å². The van der Waals surface area contributed by atoms with Gasteiger partial charge >= 0.3 is 0 Å². The van der Waals surface area contributed by atoms with E-state index in [0.29, 0.717) is 0 Å². The van der Waals surface area contributed by atoms with E-state index in [4.69, 9.17) is 11.2 Å². The maximum Gasteiger partial charge on any atom is -0.00395 e. The molecule has 0 aromatic rings. The molecule has 66 valence electrons. The lowest BCUT2D eigenvalue weighted by atomic mass is 10.0.